The molecule has 0 radical (unpaired) electrons. The molecule has 0 saturated carbocycles. The van der Waals surface area contributed by atoms with E-state index < -0.39 is 4.92 Å². The molecule has 31 heavy (non-hydrogen) atoms. The summed E-state index contributed by atoms with van der Waals surface area (Å²) < 4.78 is 0. The molecule has 2 aromatic carbocycles. The Bertz CT molecular complexity index is 968. The molecule has 8 heteroatoms. The summed E-state index contributed by atoms with van der Waals surface area (Å²) in [4.78, 5) is 37.6. The maximum atomic E-state index is 12.5. The first-order chi connectivity index (χ1) is 14.8. The molecule has 0 atom stereocenters. The largest absolute Gasteiger partial charge is 0.349 e. The maximum absolute atomic E-state index is 12.5. The number of anilines is 1. The van der Waals surface area contributed by atoms with Gasteiger partial charge in [-0.2, -0.15) is 0 Å². The summed E-state index contributed by atoms with van der Waals surface area (Å²) >= 11 is 0. The number of aryl methyl sites for hydroxylation is 1. The van der Waals surface area contributed by atoms with Crippen LogP contribution in [0.15, 0.2) is 42.5 Å². The van der Waals surface area contributed by atoms with Gasteiger partial charge in [-0.3, -0.25) is 19.7 Å². The molecule has 0 aromatic heterocycles. The number of hydrogen-bond acceptors (Lipinski definition) is 5. The van der Waals surface area contributed by atoms with E-state index in [1.165, 1.54) is 6.07 Å². The van der Waals surface area contributed by atoms with E-state index in [1.807, 2.05) is 31.2 Å². The van der Waals surface area contributed by atoms with E-state index in [0.717, 1.165) is 31.5 Å². The number of nitro benzene ring substituents is 1. The monoisotopic (exact) mass is 424 g/mol. The summed E-state index contributed by atoms with van der Waals surface area (Å²) in [7, 11) is 0. The number of rotatable bonds is 7. The molecular weight excluding hydrogens is 396 g/mol. The van der Waals surface area contributed by atoms with Crippen molar-refractivity contribution in [2.45, 2.75) is 39.2 Å². The van der Waals surface area contributed by atoms with Crippen LogP contribution < -0.4 is 10.6 Å². The second-order valence-corrected chi connectivity index (χ2v) is 7.91. The van der Waals surface area contributed by atoms with E-state index in [2.05, 4.69) is 15.5 Å². The highest BCUT2D eigenvalue weighted by molar-refractivity contribution is 5.95. The lowest BCUT2D eigenvalue weighted by atomic mass is 10.0. The number of carbonyl (C=O) groups excluding carboxylic acids is 2. The summed E-state index contributed by atoms with van der Waals surface area (Å²) in [5.74, 6) is -0.207. The van der Waals surface area contributed by atoms with Crippen LogP contribution in [0.5, 0.6) is 0 Å². The molecule has 0 aliphatic carbocycles. The zero-order valence-electron chi connectivity index (χ0n) is 17.9. The van der Waals surface area contributed by atoms with Gasteiger partial charge in [0.05, 0.1) is 16.2 Å². The van der Waals surface area contributed by atoms with Gasteiger partial charge in [0.15, 0.2) is 0 Å². The number of nitro groups is 1. The highest BCUT2D eigenvalue weighted by atomic mass is 16.6. The molecular formula is C23H28N4O4. The Morgan fingerprint density at radius 2 is 1.81 bits per heavy atom. The molecule has 0 bridgehead atoms. The second-order valence-electron chi connectivity index (χ2n) is 7.91. The van der Waals surface area contributed by atoms with Crippen LogP contribution in [-0.4, -0.2) is 47.3 Å². The van der Waals surface area contributed by atoms with Gasteiger partial charge in [0.1, 0.15) is 0 Å². The predicted molar refractivity (Wildman–Crippen MR) is 119 cm³/mol. The molecule has 0 spiro atoms. The van der Waals surface area contributed by atoms with Crippen molar-refractivity contribution in [2.75, 3.05) is 25.0 Å². The molecule has 1 aliphatic rings. The Morgan fingerprint density at radius 1 is 1.10 bits per heavy atom. The van der Waals surface area contributed by atoms with Crippen molar-refractivity contribution < 1.29 is 14.5 Å². The van der Waals surface area contributed by atoms with Gasteiger partial charge in [-0.15, -0.1) is 0 Å². The van der Waals surface area contributed by atoms with E-state index in [1.54, 1.807) is 19.1 Å². The van der Waals surface area contributed by atoms with Crippen molar-refractivity contribution in [3.05, 3.63) is 69.3 Å². The first-order valence-corrected chi connectivity index (χ1v) is 10.5. The van der Waals surface area contributed by atoms with Crippen molar-refractivity contribution >= 4 is 23.2 Å². The average Bonchev–Trinajstić information content (AvgIpc) is 2.75. The van der Waals surface area contributed by atoms with Gasteiger partial charge >= 0.3 is 0 Å². The highest BCUT2D eigenvalue weighted by Crippen LogP contribution is 2.25. The number of nitrogens with zero attached hydrogens (tertiary/aromatic N) is 2. The van der Waals surface area contributed by atoms with E-state index in [9.17, 15) is 19.7 Å². The first-order valence-electron chi connectivity index (χ1n) is 10.5. The van der Waals surface area contributed by atoms with Gasteiger partial charge in [-0.1, -0.05) is 24.3 Å². The lowest BCUT2D eigenvalue weighted by Gasteiger charge is -2.32. The van der Waals surface area contributed by atoms with E-state index >= 15 is 0 Å². The molecule has 1 aliphatic heterocycles. The summed E-state index contributed by atoms with van der Waals surface area (Å²) in [6.45, 7) is 5.78. The third-order valence-electron chi connectivity index (χ3n) is 5.74. The quantitative estimate of drug-likeness (QED) is 0.523. The molecule has 2 amide bonds. The highest BCUT2D eigenvalue weighted by Gasteiger charge is 2.22. The number of piperidine rings is 1. The Morgan fingerprint density at radius 3 is 2.48 bits per heavy atom. The summed E-state index contributed by atoms with van der Waals surface area (Å²) in [6, 6.07) is 12.3. The minimum atomic E-state index is -0.451. The molecule has 1 heterocycles. The zero-order valence-corrected chi connectivity index (χ0v) is 17.9. The minimum Gasteiger partial charge on any atom is -0.349 e. The number of likely N-dealkylation sites (tertiary alicyclic amines) is 1. The van der Waals surface area contributed by atoms with Crippen LogP contribution in [0.3, 0.4) is 0 Å². The molecule has 8 nitrogen and oxygen atoms in total. The van der Waals surface area contributed by atoms with Gasteiger partial charge in [-0.05, 0) is 44.4 Å². The van der Waals surface area contributed by atoms with E-state index in [0.29, 0.717) is 29.8 Å². The number of carbonyl (C=O) groups is 2. The summed E-state index contributed by atoms with van der Waals surface area (Å²) in [6.07, 6.45) is 1.98. The van der Waals surface area contributed by atoms with Crippen LogP contribution in [0, 0.1) is 24.0 Å². The number of hydrogen-bond donors (Lipinski definition) is 2. The van der Waals surface area contributed by atoms with E-state index in [4.69, 9.17) is 0 Å². The van der Waals surface area contributed by atoms with Crippen molar-refractivity contribution in [1.29, 1.82) is 0 Å². The van der Waals surface area contributed by atoms with Crippen molar-refractivity contribution in [2.24, 2.45) is 0 Å². The third-order valence-corrected chi connectivity index (χ3v) is 5.74. The smallest absolute Gasteiger partial charge is 0.274 e. The van der Waals surface area contributed by atoms with Crippen LogP contribution in [0.1, 0.15) is 40.7 Å². The fourth-order valence-electron chi connectivity index (χ4n) is 3.82. The summed E-state index contributed by atoms with van der Waals surface area (Å²) in [5, 5.41) is 16.9. The van der Waals surface area contributed by atoms with Crippen LogP contribution in [0.25, 0.3) is 0 Å². The number of nitrogens with one attached hydrogen (secondary N) is 2. The average molecular weight is 425 g/mol. The minimum absolute atomic E-state index is 0.00684. The van der Waals surface area contributed by atoms with Gasteiger partial charge in [0, 0.05) is 43.7 Å². The lowest BCUT2D eigenvalue weighted by Crippen LogP contribution is -2.45. The zero-order chi connectivity index (χ0) is 22.4. The molecule has 0 unspecified atom stereocenters. The number of amides is 2. The van der Waals surface area contributed by atoms with Crippen LogP contribution in [-0.2, 0) is 4.79 Å². The molecule has 1 fully saturated rings. The Hall–Kier alpha value is -3.26. The van der Waals surface area contributed by atoms with Crippen molar-refractivity contribution in [3.8, 4) is 0 Å². The van der Waals surface area contributed by atoms with Crippen LogP contribution in [0.2, 0.25) is 0 Å². The topological polar surface area (TPSA) is 105 Å². The van der Waals surface area contributed by atoms with Crippen molar-refractivity contribution in [3.63, 3.8) is 0 Å². The third kappa shape index (κ3) is 5.88. The normalized spacial score (nSPS) is 14.8. The summed E-state index contributed by atoms with van der Waals surface area (Å²) in [5.41, 5.74) is 2.58. The standard InChI is InChI=1S/C23H28N4O4/c1-16-6-3-4-7-19(16)23(29)24-18-10-13-26(14-11-18)15-12-22(28)25-20-8-5-9-21(17(20)2)27(30)31/h3-9,18H,10-15H2,1-2H3,(H,24,29)(H,25,28). The van der Waals surface area contributed by atoms with Crippen molar-refractivity contribution in [1.82, 2.24) is 10.2 Å². The van der Waals surface area contributed by atoms with Crippen LogP contribution >= 0.6 is 0 Å². The molecule has 2 N–H and O–H groups in total. The Labute approximate surface area is 181 Å². The first kappa shape index (κ1) is 22.4. The van der Waals surface area contributed by atoms with Gasteiger partial charge < -0.3 is 15.5 Å². The fourth-order valence-corrected chi connectivity index (χ4v) is 3.82. The van der Waals surface area contributed by atoms with Gasteiger partial charge in [0.2, 0.25) is 5.91 Å². The SMILES string of the molecule is Cc1ccccc1C(=O)NC1CCN(CCC(=O)Nc2cccc([N+](=O)[O-])c2C)CC1. The molecule has 2 aromatic rings. The molecule has 1 saturated heterocycles. The molecule has 164 valence electrons. The second kappa shape index (κ2) is 10.2. The fraction of sp³-hybridized carbons (Fsp3) is 0.391. The molecule has 3 rings (SSSR count). The maximum Gasteiger partial charge on any atom is 0.274 e. The van der Waals surface area contributed by atoms with E-state index in [-0.39, 0.29) is 23.5 Å². The Kier molecular flexibility index (Phi) is 7.36. The predicted octanol–water partition coefficient (Wildman–Crippen LogP) is 3.43. The van der Waals surface area contributed by atoms with Gasteiger partial charge in [0.25, 0.3) is 11.6 Å². The van der Waals surface area contributed by atoms with Gasteiger partial charge in [-0.25, -0.2) is 0 Å². The number of benzene rings is 2. The van der Waals surface area contributed by atoms with Crippen LogP contribution in [0.4, 0.5) is 11.4 Å². The lowest BCUT2D eigenvalue weighted by molar-refractivity contribution is -0.385. The Balaban J connectivity index is 1.43.